The van der Waals surface area contributed by atoms with Crippen LogP contribution in [0.5, 0.6) is 0 Å². The molecular formula is C24H34IN5O3. The lowest BCUT2D eigenvalue weighted by Gasteiger charge is -2.19. The highest BCUT2D eigenvalue weighted by atomic mass is 127. The first-order chi connectivity index (χ1) is 15.3. The van der Waals surface area contributed by atoms with Gasteiger partial charge in [-0.1, -0.05) is 30.3 Å². The Balaban J connectivity index is 0.00000544. The van der Waals surface area contributed by atoms with E-state index in [1.807, 2.05) is 63.2 Å². The van der Waals surface area contributed by atoms with Crippen LogP contribution < -0.4 is 21.3 Å². The number of carbonyl (C=O) groups is 2. The molecule has 0 aliphatic rings. The number of nitrogens with one attached hydrogen (secondary N) is 4. The van der Waals surface area contributed by atoms with Crippen LogP contribution in [-0.4, -0.2) is 50.2 Å². The summed E-state index contributed by atoms with van der Waals surface area (Å²) >= 11 is 0. The van der Waals surface area contributed by atoms with Crippen LogP contribution in [0.25, 0.3) is 0 Å². The van der Waals surface area contributed by atoms with E-state index in [0.717, 1.165) is 12.0 Å². The fraction of sp³-hybridized carbons (Fsp3) is 0.375. The van der Waals surface area contributed by atoms with Crippen LogP contribution in [0.1, 0.15) is 36.7 Å². The summed E-state index contributed by atoms with van der Waals surface area (Å²) in [6.07, 6.45) is 0.319. The maximum absolute atomic E-state index is 12.0. The summed E-state index contributed by atoms with van der Waals surface area (Å²) in [5, 5.41) is 12.0. The van der Waals surface area contributed by atoms with E-state index in [9.17, 15) is 9.59 Å². The van der Waals surface area contributed by atoms with Crippen molar-refractivity contribution in [3.63, 3.8) is 0 Å². The van der Waals surface area contributed by atoms with Gasteiger partial charge in [0.1, 0.15) is 5.60 Å². The SMILES string of the molecule is CN=C(NCCNC(=O)c1ccccc1)NCCc1ccc(NC(=O)OC(C)(C)C)cc1.I. The number of aliphatic imine (C=N–C) groups is 1. The van der Waals surface area contributed by atoms with Gasteiger partial charge in [-0.15, -0.1) is 24.0 Å². The number of rotatable bonds is 8. The third kappa shape index (κ3) is 11.6. The summed E-state index contributed by atoms with van der Waals surface area (Å²) in [4.78, 5) is 28.0. The highest BCUT2D eigenvalue weighted by Crippen LogP contribution is 2.13. The Morgan fingerprint density at radius 3 is 2.09 bits per heavy atom. The van der Waals surface area contributed by atoms with Crippen LogP contribution in [0, 0.1) is 0 Å². The molecule has 2 amide bonds. The topological polar surface area (TPSA) is 104 Å². The summed E-state index contributed by atoms with van der Waals surface area (Å²) < 4.78 is 5.25. The van der Waals surface area contributed by atoms with Crippen molar-refractivity contribution in [1.82, 2.24) is 16.0 Å². The molecule has 0 fully saturated rings. The minimum atomic E-state index is -0.532. The summed E-state index contributed by atoms with van der Waals surface area (Å²) in [5.41, 5.74) is 1.92. The molecule has 0 spiro atoms. The summed E-state index contributed by atoms with van der Waals surface area (Å²) in [5.74, 6) is 0.571. The molecule has 8 nitrogen and oxygen atoms in total. The van der Waals surface area contributed by atoms with E-state index < -0.39 is 11.7 Å². The lowest BCUT2D eigenvalue weighted by Crippen LogP contribution is -2.42. The Labute approximate surface area is 213 Å². The molecule has 0 unspecified atom stereocenters. The van der Waals surface area contributed by atoms with Crippen molar-refractivity contribution in [2.75, 3.05) is 32.0 Å². The van der Waals surface area contributed by atoms with E-state index >= 15 is 0 Å². The fourth-order valence-electron chi connectivity index (χ4n) is 2.77. The molecule has 0 aliphatic carbocycles. The molecule has 9 heteroatoms. The van der Waals surface area contributed by atoms with Crippen molar-refractivity contribution in [3.8, 4) is 0 Å². The number of anilines is 1. The molecule has 0 heterocycles. The van der Waals surface area contributed by atoms with Gasteiger partial charge in [0, 0.05) is 37.9 Å². The van der Waals surface area contributed by atoms with Crippen molar-refractivity contribution < 1.29 is 14.3 Å². The Morgan fingerprint density at radius 2 is 1.48 bits per heavy atom. The average molecular weight is 567 g/mol. The number of hydrogen-bond acceptors (Lipinski definition) is 4. The van der Waals surface area contributed by atoms with Gasteiger partial charge in [-0.3, -0.25) is 15.1 Å². The van der Waals surface area contributed by atoms with E-state index in [-0.39, 0.29) is 29.9 Å². The smallest absolute Gasteiger partial charge is 0.412 e. The lowest BCUT2D eigenvalue weighted by molar-refractivity contribution is 0.0635. The van der Waals surface area contributed by atoms with E-state index in [4.69, 9.17) is 4.74 Å². The number of hydrogen-bond donors (Lipinski definition) is 4. The van der Waals surface area contributed by atoms with Crippen molar-refractivity contribution in [2.45, 2.75) is 32.8 Å². The van der Waals surface area contributed by atoms with Gasteiger partial charge in [-0.2, -0.15) is 0 Å². The van der Waals surface area contributed by atoms with Gasteiger partial charge in [0.2, 0.25) is 0 Å². The standard InChI is InChI=1S/C24H33N5O3.HI/c1-24(2,3)32-23(31)29-20-12-10-18(11-13-20)14-15-27-22(25-4)28-17-16-26-21(30)19-8-6-5-7-9-19;/h5-13H,14-17H2,1-4H3,(H,26,30)(H,29,31)(H2,25,27,28);1H. The normalized spacial score (nSPS) is 11.1. The molecule has 33 heavy (non-hydrogen) atoms. The number of carbonyl (C=O) groups excluding carboxylic acids is 2. The zero-order chi connectivity index (χ0) is 23.4. The first-order valence-corrected chi connectivity index (χ1v) is 10.6. The Morgan fingerprint density at radius 1 is 0.879 bits per heavy atom. The second-order valence-corrected chi connectivity index (χ2v) is 8.12. The summed E-state index contributed by atoms with van der Waals surface area (Å²) in [6.45, 7) is 7.21. The quantitative estimate of drug-likeness (QED) is 0.168. The van der Waals surface area contributed by atoms with Crippen molar-refractivity contribution in [3.05, 3.63) is 65.7 Å². The number of guanidine groups is 1. The molecule has 0 saturated heterocycles. The van der Waals surface area contributed by atoms with E-state index in [0.29, 0.717) is 36.8 Å². The predicted molar refractivity (Wildman–Crippen MR) is 144 cm³/mol. The monoisotopic (exact) mass is 567 g/mol. The van der Waals surface area contributed by atoms with Gasteiger partial charge in [0.15, 0.2) is 5.96 Å². The van der Waals surface area contributed by atoms with Gasteiger partial charge in [0.25, 0.3) is 5.91 Å². The van der Waals surface area contributed by atoms with Crippen molar-refractivity contribution in [1.29, 1.82) is 0 Å². The van der Waals surface area contributed by atoms with Crippen LogP contribution in [0.4, 0.5) is 10.5 Å². The molecule has 4 N–H and O–H groups in total. The zero-order valence-electron chi connectivity index (χ0n) is 19.6. The fourth-order valence-corrected chi connectivity index (χ4v) is 2.77. The number of halogens is 1. The number of benzene rings is 2. The summed E-state index contributed by atoms with van der Waals surface area (Å²) in [6, 6.07) is 16.7. The highest BCUT2D eigenvalue weighted by molar-refractivity contribution is 14.0. The third-order valence-electron chi connectivity index (χ3n) is 4.27. The first-order valence-electron chi connectivity index (χ1n) is 10.6. The molecule has 0 aliphatic heterocycles. The van der Waals surface area contributed by atoms with Crippen LogP contribution >= 0.6 is 24.0 Å². The van der Waals surface area contributed by atoms with Crippen LogP contribution in [-0.2, 0) is 11.2 Å². The van der Waals surface area contributed by atoms with Gasteiger partial charge < -0.3 is 20.7 Å². The second-order valence-electron chi connectivity index (χ2n) is 8.12. The van der Waals surface area contributed by atoms with Gasteiger partial charge in [-0.25, -0.2) is 4.79 Å². The second kappa shape index (κ2) is 14.4. The zero-order valence-corrected chi connectivity index (χ0v) is 21.9. The molecule has 2 aromatic rings. The molecule has 0 radical (unpaired) electrons. The Kier molecular flexibility index (Phi) is 12.3. The maximum Gasteiger partial charge on any atom is 0.412 e. The first kappa shape index (κ1) is 28.2. The lowest BCUT2D eigenvalue weighted by atomic mass is 10.1. The van der Waals surface area contributed by atoms with Crippen molar-refractivity contribution in [2.24, 2.45) is 4.99 Å². The van der Waals surface area contributed by atoms with Gasteiger partial charge >= 0.3 is 6.09 Å². The van der Waals surface area contributed by atoms with Crippen LogP contribution in [0.3, 0.4) is 0 Å². The third-order valence-corrected chi connectivity index (χ3v) is 4.27. The average Bonchev–Trinajstić information content (AvgIpc) is 2.75. The van der Waals surface area contributed by atoms with E-state index in [1.165, 1.54) is 0 Å². The molecule has 0 aromatic heterocycles. The maximum atomic E-state index is 12.0. The molecule has 0 saturated carbocycles. The Bertz CT molecular complexity index is 897. The minimum Gasteiger partial charge on any atom is -0.444 e. The molecular weight excluding hydrogens is 533 g/mol. The molecule has 0 bridgehead atoms. The highest BCUT2D eigenvalue weighted by Gasteiger charge is 2.16. The molecule has 0 atom stereocenters. The number of ether oxygens (including phenoxy) is 1. The number of amides is 2. The largest absolute Gasteiger partial charge is 0.444 e. The van der Waals surface area contributed by atoms with Gasteiger partial charge in [-0.05, 0) is 57.0 Å². The van der Waals surface area contributed by atoms with Crippen LogP contribution in [0.2, 0.25) is 0 Å². The van der Waals surface area contributed by atoms with Crippen molar-refractivity contribution >= 4 is 47.6 Å². The van der Waals surface area contributed by atoms with E-state index in [1.54, 1.807) is 19.2 Å². The van der Waals surface area contributed by atoms with E-state index in [2.05, 4.69) is 26.3 Å². The molecule has 2 aromatic carbocycles. The Hall–Kier alpha value is -2.82. The molecule has 2 rings (SSSR count). The van der Waals surface area contributed by atoms with Crippen LogP contribution in [0.15, 0.2) is 59.6 Å². The minimum absolute atomic E-state index is 0. The predicted octanol–water partition coefficient (Wildman–Crippen LogP) is 3.79. The number of nitrogens with zero attached hydrogens (tertiary/aromatic N) is 1. The summed E-state index contributed by atoms with van der Waals surface area (Å²) in [7, 11) is 1.70. The molecule has 180 valence electrons. The van der Waals surface area contributed by atoms with Gasteiger partial charge in [0.05, 0.1) is 0 Å².